The number of pyridine rings is 1. The standard InChI is InChI=1S/C46H46ClN7O7S/c1-46(2)16-13-34(40(27-46)32-5-7-35(47)8-6-32)30-52-18-20-53(21-19-52)36-9-11-39(43(25-36)61-37-24-33-14-17-48-44(33)50-29-37)45(55)51-62(58,59)38-10-12-41(42(26-38)54(56)57)49-28-31-4-3-22-60-23-15-31/h3-12,14-15,17,22-26,29,49H,13,16,18-21,27-28,30H2,1-2H3,(H,48,50)(H,51,55). The van der Waals surface area contributed by atoms with Crippen molar-refractivity contribution in [3.8, 4) is 11.5 Å². The molecular formula is C46H46ClN7O7S. The quantitative estimate of drug-likeness (QED) is 0.0761. The van der Waals surface area contributed by atoms with Crippen LogP contribution in [0.5, 0.6) is 11.5 Å². The van der Waals surface area contributed by atoms with Crippen LogP contribution in [0.3, 0.4) is 0 Å². The van der Waals surface area contributed by atoms with Crippen LogP contribution in [-0.2, 0) is 14.8 Å². The van der Waals surface area contributed by atoms with Crippen LogP contribution < -0.4 is 19.7 Å². The maximum Gasteiger partial charge on any atom is 0.293 e. The van der Waals surface area contributed by atoms with Gasteiger partial charge in [0.1, 0.15) is 22.8 Å². The lowest BCUT2D eigenvalue weighted by atomic mass is 9.72. The number of sulfonamides is 1. The number of H-pyrrole nitrogens is 1. The molecule has 0 unspecified atom stereocenters. The molecule has 0 atom stereocenters. The third-order valence-corrected chi connectivity index (χ3v) is 12.9. The summed E-state index contributed by atoms with van der Waals surface area (Å²) in [6.07, 6.45) is 14.6. The molecule has 3 aliphatic rings. The summed E-state index contributed by atoms with van der Waals surface area (Å²) in [4.78, 5) is 37.0. The van der Waals surface area contributed by atoms with Crippen LogP contribution in [0.25, 0.3) is 16.6 Å². The molecular weight excluding hydrogens is 830 g/mol. The van der Waals surface area contributed by atoms with E-state index in [1.165, 1.54) is 53.6 Å². The number of carbonyl (C=O) groups is 1. The van der Waals surface area contributed by atoms with Crippen LogP contribution >= 0.6 is 11.6 Å². The average Bonchev–Trinajstić information content (AvgIpc) is 3.56. The van der Waals surface area contributed by atoms with E-state index in [1.54, 1.807) is 42.6 Å². The molecule has 8 rings (SSSR count). The maximum absolute atomic E-state index is 13.9. The van der Waals surface area contributed by atoms with E-state index in [1.807, 2.05) is 18.2 Å². The number of piperazine rings is 1. The number of carbonyl (C=O) groups excluding carboxylic acids is 1. The highest BCUT2D eigenvalue weighted by Gasteiger charge is 2.30. The highest BCUT2D eigenvalue weighted by Crippen LogP contribution is 2.43. The number of hydrogen-bond acceptors (Lipinski definition) is 11. The lowest BCUT2D eigenvalue weighted by molar-refractivity contribution is -0.384. The molecule has 0 saturated carbocycles. The van der Waals surface area contributed by atoms with Crippen molar-refractivity contribution in [2.45, 2.75) is 38.0 Å². The number of aromatic amines is 1. The molecule has 0 spiro atoms. The second-order valence-electron chi connectivity index (χ2n) is 16.3. The number of ether oxygens (including phenoxy) is 2. The monoisotopic (exact) mass is 875 g/mol. The molecule has 2 aromatic heterocycles. The molecule has 320 valence electrons. The van der Waals surface area contributed by atoms with Gasteiger partial charge in [0, 0.05) is 73.7 Å². The summed E-state index contributed by atoms with van der Waals surface area (Å²) in [5, 5.41) is 16.6. The van der Waals surface area contributed by atoms with E-state index in [0.29, 0.717) is 24.5 Å². The number of hydrogen-bond donors (Lipinski definition) is 3. The summed E-state index contributed by atoms with van der Waals surface area (Å²) >= 11 is 6.24. The molecule has 0 radical (unpaired) electrons. The Bertz CT molecular complexity index is 2750. The molecule has 62 heavy (non-hydrogen) atoms. The van der Waals surface area contributed by atoms with Crippen LogP contribution in [0, 0.1) is 15.5 Å². The van der Waals surface area contributed by atoms with Crippen LogP contribution in [0.4, 0.5) is 17.1 Å². The third kappa shape index (κ3) is 9.86. The van der Waals surface area contributed by atoms with E-state index in [0.717, 1.165) is 66.6 Å². The fraction of sp³-hybridized carbons (Fsp3) is 0.261. The topological polar surface area (TPSA) is 172 Å². The van der Waals surface area contributed by atoms with E-state index in [2.05, 4.69) is 55.8 Å². The summed E-state index contributed by atoms with van der Waals surface area (Å²) in [6.45, 7) is 8.80. The Hall–Kier alpha value is -6.42. The van der Waals surface area contributed by atoms with E-state index >= 15 is 0 Å². The van der Waals surface area contributed by atoms with Crippen LogP contribution in [-0.4, -0.2) is 73.4 Å². The Morgan fingerprint density at radius 2 is 1.84 bits per heavy atom. The smallest absolute Gasteiger partial charge is 0.293 e. The van der Waals surface area contributed by atoms with Crippen LogP contribution in [0.1, 0.15) is 49.0 Å². The van der Waals surface area contributed by atoms with Gasteiger partial charge in [-0.3, -0.25) is 19.8 Å². The van der Waals surface area contributed by atoms with Crippen molar-refractivity contribution >= 4 is 61.2 Å². The largest absolute Gasteiger partial charge is 0.473 e. The van der Waals surface area contributed by atoms with Crippen molar-refractivity contribution in [3.05, 3.63) is 153 Å². The zero-order valence-electron chi connectivity index (χ0n) is 34.3. The average molecular weight is 876 g/mol. The number of rotatable bonds is 13. The first kappa shape index (κ1) is 42.3. The van der Waals surface area contributed by atoms with Gasteiger partial charge in [-0.15, -0.1) is 0 Å². The van der Waals surface area contributed by atoms with Gasteiger partial charge in [-0.25, -0.2) is 18.1 Å². The van der Waals surface area contributed by atoms with Gasteiger partial charge in [-0.05, 0) is 102 Å². The van der Waals surface area contributed by atoms with Gasteiger partial charge in [0.2, 0.25) is 0 Å². The molecule has 3 aromatic carbocycles. The van der Waals surface area contributed by atoms with Gasteiger partial charge in [0.25, 0.3) is 21.6 Å². The normalized spacial score (nSPS) is 16.7. The molecule has 4 heterocycles. The summed E-state index contributed by atoms with van der Waals surface area (Å²) in [5.74, 6) is -0.516. The summed E-state index contributed by atoms with van der Waals surface area (Å²) in [6, 6.07) is 20.2. The number of benzene rings is 3. The minimum absolute atomic E-state index is 0.0532. The predicted octanol–water partition coefficient (Wildman–Crippen LogP) is 9.22. The SMILES string of the molecule is CC1(C)CCC(CN2CCN(c3ccc(C(=O)NS(=O)(=O)c4ccc(NCC5=CC=COC=C5)c([N+](=O)[O-])c4)c(Oc4cnc5[nH]ccc5c4)c3)CC2)=C(c2ccc(Cl)cc2)C1. The van der Waals surface area contributed by atoms with Crippen molar-refractivity contribution < 1.29 is 27.6 Å². The zero-order valence-corrected chi connectivity index (χ0v) is 35.8. The lowest BCUT2D eigenvalue weighted by Crippen LogP contribution is -2.47. The number of anilines is 2. The third-order valence-electron chi connectivity index (χ3n) is 11.4. The van der Waals surface area contributed by atoms with Gasteiger partial charge >= 0.3 is 0 Å². The number of amides is 1. The van der Waals surface area contributed by atoms with Gasteiger partial charge in [-0.1, -0.05) is 49.2 Å². The number of fused-ring (bicyclic) bond motifs is 1. The molecule has 1 amide bonds. The van der Waals surface area contributed by atoms with Gasteiger partial charge < -0.3 is 24.7 Å². The maximum atomic E-state index is 13.9. The molecule has 1 saturated heterocycles. The number of halogens is 1. The fourth-order valence-electron chi connectivity index (χ4n) is 7.95. The second kappa shape index (κ2) is 17.9. The molecule has 0 bridgehead atoms. The minimum Gasteiger partial charge on any atom is -0.473 e. The van der Waals surface area contributed by atoms with Crippen molar-refractivity contribution in [1.29, 1.82) is 0 Å². The summed E-state index contributed by atoms with van der Waals surface area (Å²) < 4.78 is 40.9. The second-order valence-corrected chi connectivity index (χ2v) is 18.4. The Balaban J connectivity index is 1.01. The van der Waals surface area contributed by atoms with Crippen molar-refractivity contribution in [3.63, 3.8) is 0 Å². The summed E-state index contributed by atoms with van der Waals surface area (Å²) in [7, 11) is -4.59. The lowest BCUT2D eigenvalue weighted by Gasteiger charge is -2.39. The predicted molar refractivity (Wildman–Crippen MR) is 241 cm³/mol. The zero-order chi connectivity index (χ0) is 43.4. The number of aromatic nitrogens is 2. The summed E-state index contributed by atoms with van der Waals surface area (Å²) in [5.41, 5.74) is 6.11. The van der Waals surface area contributed by atoms with Crippen LogP contribution in [0.2, 0.25) is 5.02 Å². The van der Waals surface area contributed by atoms with Crippen molar-refractivity contribution in [2.24, 2.45) is 5.41 Å². The van der Waals surface area contributed by atoms with Gasteiger partial charge in [0.05, 0.1) is 34.1 Å². The Morgan fingerprint density at radius 3 is 2.63 bits per heavy atom. The Morgan fingerprint density at radius 1 is 1.03 bits per heavy atom. The van der Waals surface area contributed by atoms with E-state index in [4.69, 9.17) is 21.1 Å². The molecule has 16 heteroatoms. The number of nitro groups is 1. The Kier molecular flexibility index (Phi) is 12.2. The van der Waals surface area contributed by atoms with E-state index in [-0.39, 0.29) is 29.0 Å². The van der Waals surface area contributed by atoms with Gasteiger partial charge in [-0.2, -0.15) is 0 Å². The number of nitrogens with one attached hydrogen (secondary N) is 3. The molecule has 2 aliphatic heterocycles. The van der Waals surface area contributed by atoms with Crippen molar-refractivity contribution in [1.82, 2.24) is 19.6 Å². The first-order valence-electron chi connectivity index (χ1n) is 20.3. The van der Waals surface area contributed by atoms with Gasteiger partial charge in [0.15, 0.2) is 0 Å². The number of nitrogens with zero attached hydrogens (tertiary/aromatic N) is 4. The highest BCUT2D eigenvalue weighted by atomic mass is 35.5. The van der Waals surface area contributed by atoms with Crippen LogP contribution in [0.15, 0.2) is 132 Å². The molecule has 5 aromatic rings. The molecule has 1 aliphatic carbocycles. The first-order valence-corrected chi connectivity index (χ1v) is 22.1. The minimum atomic E-state index is -4.59. The fourth-order valence-corrected chi connectivity index (χ4v) is 9.06. The molecule has 1 fully saturated rings. The number of allylic oxidation sites excluding steroid dienone is 3. The van der Waals surface area contributed by atoms with E-state index < -0.39 is 31.4 Å². The first-order chi connectivity index (χ1) is 29.8. The van der Waals surface area contributed by atoms with Crippen molar-refractivity contribution in [2.75, 3.05) is 49.5 Å². The van der Waals surface area contributed by atoms with E-state index in [9.17, 15) is 23.3 Å². The molecule has 14 nitrogen and oxygen atoms in total. The molecule has 3 N–H and O–H groups in total. The Labute approximate surface area is 364 Å². The number of nitro benzene ring substituents is 1. The highest BCUT2D eigenvalue weighted by molar-refractivity contribution is 7.90.